The summed E-state index contributed by atoms with van der Waals surface area (Å²) >= 11 is 2.14. The van der Waals surface area contributed by atoms with E-state index in [2.05, 4.69) is 27.9 Å². The lowest BCUT2D eigenvalue weighted by molar-refractivity contribution is 0.0909. The molecule has 0 aliphatic rings. The molecule has 17 heavy (non-hydrogen) atoms. The molecule has 0 radical (unpaired) electrons. The Bertz CT molecular complexity index is 393. The van der Waals surface area contributed by atoms with E-state index in [0.29, 0.717) is 18.5 Å². The Morgan fingerprint density at radius 3 is 2.88 bits per heavy atom. The van der Waals surface area contributed by atoms with E-state index in [4.69, 9.17) is 0 Å². The van der Waals surface area contributed by atoms with Gasteiger partial charge in [-0.2, -0.15) is 0 Å². The van der Waals surface area contributed by atoms with Gasteiger partial charge in [-0.15, -0.1) is 0 Å². The van der Waals surface area contributed by atoms with Crippen molar-refractivity contribution >= 4 is 28.5 Å². The van der Waals surface area contributed by atoms with Crippen molar-refractivity contribution in [2.45, 2.75) is 32.8 Å². The first kappa shape index (κ1) is 14.4. The lowest BCUT2D eigenvalue weighted by Gasteiger charge is -2.11. The summed E-state index contributed by atoms with van der Waals surface area (Å²) in [6.07, 6.45) is 1.18. The number of hydrogen-bond acceptors (Lipinski definition) is 2. The molecule has 0 bridgehead atoms. The van der Waals surface area contributed by atoms with Crippen LogP contribution in [0.1, 0.15) is 35.7 Å². The molecule has 0 saturated heterocycles. The van der Waals surface area contributed by atoms with Crippen LogP contribution in [0.25, 0.3) is 0 Å². The average molecular weight is 347 g/mol. The van der Waals surface area contributed by atoms with Crippen LogP contribution in [0.3, 0.4) is 0 Å². The van der Waals surface area contributed by atoms with Crippen LogP contribution in [-0.4, -0.2) is 23.7 Å². The lowest BCUT2D eigenvalue weighted by atomic mass is 10.1. The van der Waals surface area contributed by atoms with Crippen molar-refractivity contribution in [2.24, 2.45) is 0 Å². The van der Waals surface area contributed by atoms with Crippen LogP contribution in [0, 0.1) is 10.5 Å². The van der Waals surface area contributed by atoms with Crippen LogP contribution < -0.4 is 5.32 Å². The highest BCUT2D eigenvalue weighted by atomic mass is 127. The molecular formula is C13H18INO2. The van der Waals surface area contributed by atoms with Crippen LogP contribution in [-0.2, 0) is 0 Å². The summed E-state index contributed by atoms with van der Waals surface area (Å²) in [7, 11) is 0. The molecule has 94 valence electrons. The van der Waals surface area contributed by atoms with E-state index in [1.807, 2.05) is 32.0 Å². The molecule has 0 spiro atoms. The minimum absolute atomic E-state index is 0.117. The highest BCUT2D eigenvalue weighted by molar-refractivity contribution is 14.1. The number of carbonyl (C=O) groups is 1. The number of aliphatic hydroxyl groups is 1. The van der Waals surface area contributed by atoms with Gasteiger partial charge in [0.15, 0.2) is 0 Å². The summed E-state index contributed by atoms with van der Waals surface area (Å²) < 4.78 is 0.927. The summed E-state index contributed by atoms with van der Waals surface area (Å²) in [4.78, 5) is 11.9. The monoisotopic (exact) mass is 347 g/mol. The van der Waals surface area contributed by atoms with Gasteiger partial charge in [-0.1, -0.05) is 25.0 Å². The second-order valence-electron chi connectivity index (χ2n) is 4.14. The van der Waals surface area contributed by atoms with Gasteiger partial charge >= 0.3 is 0 Å². The van der Waals surface area contributed by atoms with Crippen molar-refractivity contribution in [3.8, 4) is 0 Å². The molecule has 1 rings (SSSR count). The molecule has 1 atom stereocenters. The van der Waals surface area contributed by atoms with Gasteiger partial charge in [0.2, 0.25) is 0 Å². The molecule has 0 aromatic heterocycles. The van der Waals surface area contributed by atoms with Gasteiger partial charge in [-0.05, 0) is 48.1 Å². The first-order valence-corrected chi connectivity index (χ1v) is 6.85. The molecule has 0 aliphatic heterocycles. The number of amides is 1. The van der Waals surface area contributed by atoms with Crippen molar-refractivity contribution in [3.63, 3.8) is 0 Å². The van der Waals surface area contributed by atoms with Gasteiger partial charge in [0.25, 0.3) is 5.91 Å². The van der Waals surface area contributed by atoms with Crippen molar-refractivity contribution in [2.75, 3.05) is 6.54 Å². The van der Waals surface area contributed by atoms with Gasteiger partial charge in [-0.25, -0.2) is 0 Å². The number of aryl methyl sites for hydroxylation is 1. The quantitative estimate of drug-likeness (QED) is 0.804. The fourth-order valence-electron chi connectivity index (χ4n) is 1.55. The number of benzene rings is 1. The third kappa shape index (κ3) is 4.63. The van der Waals surface area contributed by atoms with E-state index >= 15 is 0 Å². The molecule has 1 amide bonds. The lowest BCUT2D eigenvalue weighted by Crippen LogP contribution is -2.32. The van der Waals surface area contributed by atoms with Gasteiger partial charge < -0.3 is 10.4 Å². The molecule has 2 N–H and O–H groups in total. The Morgan fingerprint density at radius 1 is 1.53 bits per heavy atom. The third-order valence-corrected chi connectivity index (χ3v) is 3.43. The first-order chi connectivity index (χ1) is 8.04. The molecule has 1 unspecified atom stereocenters. The third-order valence-electron chi connectivity index (χ3n) is 2.49. The van der Waals surface area contributed by atoms with Crippen LogP contribution in [0.15, 0.2) is 18.2 Å². The number of carbonyl (C=O) groups excluding carboxylic acids is 1. The van der Waals surface area contributed by atoms with Gasteiger partial charge in [0, 0.05) is 10.1 Å². The van der Waals surface area contributed by atoms with Crippen molar-refractivity contribution in [1.29, 1.82) is 0 Å². The van der Waals surface area contributed by atoms with E-state index in [0.717, 1.165) is 15.6 Å². The van der Waals surface area contributed by atoms with E-state index < -0.39 is 6.10 Å². The Kier molecular flexibility index (Phi) is 5.91. The molecule has 1 aromatic carbocycles. The fraction of sp³-hybridized carbons (Fsp3) is 0.462. The summed E-state index contributed by atoms with van der Waals surface area (Å²) in [5.74, 6) is -0.117. The maximum Gasteiger partial charge on any atom is 0.252 e. The highest BCUT2D eigenvalue weighted by Gasteiger charge is 2.11. The van der Waals surface area contributed by atoms with Crippen molar-refractivity contribution < 1.29 is 9.90 Å². The molecule has 4 heteroatoms. The van der Waals surface area contributed by atoms with Crippen LogP contribution >= 0.6 is 22.6 Å². The second kappa shape index (κ2) is 6.96. The summed E-state index contributed by atoms with van der Waals surface area (Å²) in [5, 5.41) is 12.3. The first-order valence-electron chi connectivity index (χ1n) is 5.77. The standard InChI is InChI=1S/C13H18INO2/c1-3-4-10(16)8-15-13(17)11-7-9(2)5-6-12(11)14/h5-7,10,16H,3-4,8H2,1-2H3,(H,15,17). The Balaban J connectivity index is 2.61. The normalized spacial score (nSPS) is 12.2. The Labute approximate surface area is 116 Å². The predicted octanol–water partition coefficient (Wildman–Crippen LogP) is 2.49. The minimum atomic E-state index is -0.452. The number of aliphatic hydroxyl groups excluding tert-OH is 1. The summed E-state index contributed by atoms with van der Waals surface area (Å²) in [6.45, 7) is 4.28. The number of nitrogens with one attached hydrogen (secondary N) is 1. The average Bonchev–Trinajstić information content (AvgIpc) is 2.29. The van der Waals surface area contributed by atoms with Crippen LogP contribution in [0.4, 0.5) is 0 Å². The van der Waals surface area contributed by atoms with E-state index in [1.54, 1.807) is 0 Å². The maximum absolute atomic E-state index is 11.9. The zero-order valence-electron chi connectivity index (χ0n) is 10.2. The zero-order valence-corrected chi connectivity index (χ0v) is 12.3. The Hall–Kier alpha value is -0.620. The van der Waals surface area contributed by atoms with Crippen molar-refractivity contribution in [3.05, 3.63) is 32.9 Å². The molecule has 0 fully saturated rings. The smallest absolute Gasteiger partial charge is 0.252 e. The second-order valence-corrected chi connectivity index (χ2v) is 5.30. The molecule has 0 heterocycles. The zero-order chi connectivity index (χ0) is 12.8. The topological polar surface area (TPSA) is 49.3 Å². The van der Waals surface area contributed by atoms with E-state index in [9.17, 15) is 9.90 Å². The van der Waals surface area contributed by atoms with Crippen LogP contribution in [0.2, 0.25) is 0 Å². The maximum atomic E-state index is 11.9. The number of halogens is 1. The summed E-state index contributed by atoms with van der Waals surface area (Å²) in [5.41, 5.74) is 1.74. The largest absolute Gasteiger partial charge is 0.391 e. The Morgan fingerprint density at radius 2 is 2.24 bits per heavy atom. The van der Waals surface area contributed by atoms with Gasteiger partial charge in [-0.3, -0.25) is 4.79 Å². The number of hydrogen-bond donors (Lipinski definition) is 2. The predicted molar refractivity (Wildman–Crippen MR) is 77.1 cm³/mol. The van der Waals surface area contributed by atoms with E-state index in [-0.39, 0.29) is 5.91 Å². The highest BCUT2D eigenvalue weighted by Crippen LogP contribution is 2.14. The van der Waals surface area contributed by atoms with Crippen molar-refractivity contribution in [1.82, 2.24) is 5.32 Å². The summed E-state index contributed by atoms with van der Waals surface area (Å²) in [6, 6.07) is 5.76. The van der Waals surface area contributed by atoms with E-state index in [1.165, 1.54) is 0 Å². The molecule has 1 aromatic rings. The molecule has 0 saturated carbocycles. The van der Waals surface area contributed by atoms with Gasteiger partial charge in [0.05, 0.1) is 11.7 Å². The minimum Gasteiger partial charge on any atom is -0.391 e. The molecular weight excluding hydrogens is 329 g/mol. The molecule has 0 aliphatic carbocycles. The van der Waals surface area contributed by atoms with Crippen LogP contribution in [0.5, 0.6) is 0 Å². The number of rotatable bonds is 5. The van der Waals surface area contributed by atoms with Gasteiger partial charge in [0.1, 0.15) is 0 Å². The fourth-order valence-corrected chi connectivity index (χ4v) is 2.13. The molecule has 3 nitrogen and oxygen atoms in total. The SMILES string of the molecule is CCCC(O)CNC(=O)c1cc(C)ccc1I.